The molecule has 4 heteroatoms. The second-order valence-corrected chi connectivity index (χ2v) is 2.15. The van der Waals surface area contributed by atoms with E-state index in [1.54, 1.807) is 0 Å². The average molecular weight is 122 g/mol. The Morgan fingerprint density at radius 2 is 2.29 bits per heavy atom. The minimum absolute atomic E-state index is 0.00764. The molecule has 0 rings (SSSR count). The largest absolute Gasteiger partial charge is 0.481 e. The minimum Gasteiger partial charge on any atom is -0.481 e. The number of aliphatic hydroxyl groups excluding tert-OH is 1. The van der Waals surface area contributed by atoms with Gasteiger partial charge in [-0.15, -0.1) is 0 Å². The lowest BCUT2D eigenvalue weighted by Crippen LogP contribution is -1.96. The summed E-state index contributed by atoms with van der Waals surface area (Å²) in [5, 5.41) is 16.0. The van der Waals surface area contributed by atoms with E-state index in [-0.39, 0.29) is 21.1 Å². The third kappa shape index (κ3) is 5.86. The van der Waals surface area contributed by atoms with Crippen LogP contribution in [-0.2, 0) is 4.79 Å². The number of carboxylic acids is 1. The summed E-state index contributed by atoms with van der Waals surface area (Å²) in [6.07, 6.45) is 0.0861. The van der Waals surface area contributed by atoms with Crippen LogP contribution in [0.2, 0.25) is 0 Å². The summed E-state index contributed by atoms with van der Waals surface area (Å²) in [6, 6.07) is 0. The Morgan fingerprint density at radius 1 is 1.71 bits per heavy atom. The summed E-state index contributed by atoms with van der Waals surface area (Å²) >= 11 is 0. The van der Waals surface area contributed by atoms with Crippen molar-refractivity contribution in [1.29, 1.82) is 0 Å². The van der Waals surface area contributed by atoms with Crippen molar-refractivity contribution in [2.45, 2.75) is 0 Å². The number of rotatable bonds is 3. The van der Waals surface area contributed by atoms with Crippen LogP contribution in [0.1, 0.15) is 0 Å². The topological polar surface area (TPSA) is 57.5 Å². The van der Waals surface area contributed by atoms with Gasteiger partial charge >= 0.3 is 5.97 Å². The molecule has 0 aromatic rings. The molecule has 0 saturated heterocycles. The Balaban J connectivity index is 2.82. The molecule has 0 fully saturated rings. The predicted octanol–water partition coefficient (Wildman–Crippen LogP) is -0.301. The van der Waals surface area contributed by atoms with Crippen molar-refractivity contribution < 1.29 is 15.0 Å². The molecule has 0 saturated carbocycles. The van der Waals surface area contributed by atoms with Crippen LogP contribution in [-0.4, -0.2) is 28.7 Å². The van der Waals surface area contributed by atoms with E-state index in [1.165, 1.54) is 0 Å². The van der Waals surface area contributed by atoms with Crippen molar-refractivity contribution in [2.24, 2.45) is 0 Å². The Hall–Kier alpha value is -0.140. The zero-order chi connectivity index (χ0) is 5.70. The molecule has 0 bridgehead atoms. The van der Waals surface area contributed by atoms with Crippen LogP contribution in [0, 0.1) is 0 Å². The van der Waals surface area contributed by atoms with E-state index in [9.17, 15) is 4.79 Å². The van der Waals surface area contributed by atoms with Gasteiger partial charge < -0.3 is 10.2 Å². The van der Waals surface area contributed by atoms with Crippen molar-refractivity contribution in [1.82, 2.24) is 0 Å². The first-order valence-corrected chi connectivity index (χ1v) is 3.22. The Morgan fingerprint density at radius 3 is 2.43 bits per heavy atom. The molecule has 0 radical (unpaired) electrons. The molecule has 0 spiro atoms. The lowest BCUT2D eigenvalue weighted by molar-refractivity contribution is -0.134. The van der Waals surface area contributed by atoms with Crippen molar-refractivity contribution in [2.75, 3.05) is 12.5 Å². The van der Waals surface area contributed by atoms with Crippen LogP contribution in [0.25, 0.3) is 0 Å². The van der Waals surface area contributed by atoms with E-state index >= 15 is 0 Å². The fourth-order valence-corrected chi connectivity index (χ4v) is 0.489. The first-order chi connectivity index (χ1) is 3.27. The second-order valence-electron chi connectivity index (χ2n) is 0.979. The van der Waals surface area contributed by atoms with Gasteiger partial charge in [-0.2, -0.15) is 0 Å². The quantitative estimate of drug-likeness (QED) is 0.505. The summed E-state index contributed by atoms with van der Waals surface area (Å²) < 4.78 is 0. The number of carbonyl (C=O) groups is 1. The lowest BCUT2D eigenvalue weighted by Gasteiger charge is -1.86. The summed E-state index contributed by atoms with van der Waals surface area (Å²) in [4.78, 5) is 9.65. The third-order valence-electron chi connectivity index (χ3n) is 0.388. The molecule has 0 aliphatic rings. The van der Waals surface area contributed by atoms with E-state index < -0.39 is 5.97 Å². The van der Waals surface area contributed by atoms with Crippen LogP contribution in [0.3, 0.4) is 0 Å². The van der Waals surface area contributed by atoms with Crippen molar-refractivity contribution in [3.05, 3.63) is 0 Å². The number of aliphatic hydroxyl groups is 1. The van der Waals surface area contributed by atoms with Crippen LogP contribution in [0.15, 0.2) is 0 Å². The van der Waals surface area contributed by atoms with Gasteiger partial charge in [-0.25, -0.2) is 0 Å². The second kappa shape index (κ2) is 4.03. The van der Waals surface area contributed by atoms with E-state index in [2.05, 4.69) is 0 Å². The van der Waals surface area contributed by atoms with Gasteiger partial charge in [-0.05, 0) is 0 Å². The predicted molar refractivity (Wildman–Crippen MR) is 27.9 cm³/mol. The maximum absolute atomic E-state index is 9.65. The summed E-state index contributed by atoms with van der Waals surface area (Å²) in [5.41, 5.74) is 0. The standard InChI is InChI=1S/C3H7O3P/c4-2-7-1-3(5)6/h4,7H,1-2H2,(H,5,6). The normalized spacial score (nSPS) is 10.4. The maximum atomic E-state index is 9.65. The highest BCUT2D eigenvalue weighted by atomic mass is 31.1. The molecular formula is C3H7O3P. The van der Waals surface area contributed by atoms with Gasteiger partial charge in [0, 0.05) is 0 Å². The van der Waals surface area contributed by atoms with E-state index in [0.29, 0.717) is 0 Å². The summed E-state index contributed by atoms with van der Waals surface area (Å²) in [5.74, 6) is -0.840. The number of hydrogen-bond donors (Lipinski definition) is 2. The highest BCUT2D eigenvalue weighted by molar-refractivity contribution is 7.38. The molecule has 1 unspecified atom stereocenters. The van der Waals surface area contributed by atoms with Crippen molar-refractivity contribution in [3.8, 4) is 0 Å². The molecule has 0 aromatic carbocycles. The maximum Gasteiger partial charge on any atom is 0.307 e. The van der Waals surface area contributed by atoms with Gasteiger partial charge in [0.1, 0.15) is 0 Å². The molecule has 3 nitrogen and oxygen atoms in total. The van der Waals surface area contributed by atoms with Crippen molar-refractivity contribution in [3.63, 3.8) is 0 Å². The van der Waals surface area contributed by atoms with Gasteiger partial charge in [0.15, 0.2) is 0 Å². The minimum atomic E-state index is -0.840. The zero-order valence-electron chi connectivity index (χ0n) is 3.72. The van der Waals surface area contributed by atoms with Gasteiger partial charge in [-0.3, -0.25) is 4.79 Å². The van der Waals surface area contributed by atoms with Gasteiger partial charge in [-0.1, -0.05) is 8.58 Å². The SMILES string of the molecule is O=C(O)CPCO. The Kier molecular flexibility index (Phi) is 3.95. The first kappa shape index (κ1) is 6.86. The Bertz CT molecular complexity index is 63.2. The molecule has 7 heavy (non-hydrogen) atoms. The van der Waals surface area contributed by atoms with Crippen LogP contribution >= 0.6 is 8.58 Å². The highest BCUT2D eigenvalue weighted by Crippen LogP contribution is 2.03. The molecule has 0 aliphatic heterocycles. The van der Waals surface area contributed by atoms with Crippen LogP contribution in [0.5, 0.6) is 0 Å². The van der Waals surface area contributed by atoms with Gasteiger partial charge in [0.2, 0.25) is 0 Å². The molecule has 0 aromatic heterocycles. The summed E-state index contributed by atoms with van der Waals surface area (Å²) in [7, 11) is 0.151. The fourth-order valence-electron chi connectivity index (χ4n) is 0.163. The fraction of sp³-hybridized carbons (Fsp3) is 0.667. The Labute approximate surface area is 43.1 Å². The number of aliphatic carboxylic acids is 1. The van der Waals surface area contributed by atoms with Crippen molar-refractivity contribution >= 4 is 14.6 Å². The number of hydrogen-bond acceptors (Lipinski definition) is 2. The number of carboxylic acid groups (broad SMARTS) is 1. The van der Waals surface area contributed by atoms with Crippen LogP contribution in [0.4, 0.5) is 0 Å². The van der Waals surface area contributed by atoms with Gasteiger partial charge in [0.25, 0.3) is 0 Å². The molecule has 0 heterocycles. The molecule has 42 valence electrons. The smallest absolute Gasteiger partial charge is 0.307 e. The average Bonchev–Trinajstić information content (AvgIpc) is 1.61. The molecule has 0 amide bonds. The first-order valence-electron chi connectivity index (χ1n) is 1.80. The molecule has 2 N–H and O–H groups in total. The van der Waals surface area contributed by atoms with Crippen LogP contribution < -0.4 is 0 Å². The van der Waals surface area contributed by atoms with E-state index in [1.807, 2.05) is 0 Å². The highest BCUT2D eigenvalue weighted by Gasteiger charge is 1.91. The van der Waals surface area contributed by atoms with Gasteiger partial charge in [0.05, 0.1) is 12.5 Å². The monoisotopic (exact) mass is 122 g/mol. The summed E-state index contributed by atoms with van der Waals surface area (Å²) in [6.45, 7) is 0. The van der Waals surface area contributed by atoms with E-state index in [4.69, 9.17) is 10.2 Å². The van der Waals surface area contributed by atoms with E-state index in [0.717, 1.165) is 0 Å². The molecule has 0 aliphatic carbocycles. The molecular weight excluding hydrogens is 115 g/mol. The zero-order valence-corrected chi connectivity index (χ0v) is 4.72. The molecule has 1 atom stereocenters. The lowest BCUT2D eigenvalue weighted by atomic mass is 10.8. The third-order valence-corrected chi connectivity index (χ3v) is 1.16.